The van der Waals surface area contributed by atoms with Crippen LogP contribution in [0, 0.1) is 0 Å². The van der Waals surface area contributed by atoms with Gasteiger partial charge in [-0.05, 0) is 26.7 Å². The van der Waals surface area contributed by atoms with Crippen LogP contribution in [-0.4, -0.2) is 0 Å². The van der Waals surface area contributed by atoms with E-state index in [0.717, 1.165) is 12.8 Å². The first-order valence-corrected chi connectivity index (χ1v) is 3.77. The SMILES string of the molecule is CC(C)=CCC1=CC=CC1. The second kappa shape index (κ2) is 3.40. The van der Waals surface area contributed by atoms with Crippen LogP contribution in [0.15, 0.2) is 35.5 Å². The fourth-order valence-electron chi connectivity index (χ4n) is 0.978. The Bertz CT molecular complexity index is 188. The minimum absolute atomic E-state index is 1.13. The summed E-state index contributed by atoms with van der Waals surface area (Å²) in [6.45, 7) is 4.28. The van der Waals surface area contributed by atoms with Crippen molar-refractivity contribution in [3.63, 3.8) is 0 Å². The van der Waals surface area contributed by atoms with Crippen LogP contribution in [0.5, 0.6) is 0 Å². The lowest BCUT2D eigenvalue weighted by Gasteiger charge is -1.94. The van der Waals surface area contributed by atoms with Crippen LogP contribution in [0.25, 0.3) is 0 Å². The van der Waals surface area contributed by atoms with E-state index in [1.165, 1.54) is 11.1 Å². The molecule has 1 rings (SSSR count). The van der Waals surface area contributed by atoms with Crippen LogP contribution in [0.2, 0.25) is 0 Å². The fraction of sp³-hybridized carbons (Fsp3) is 0.400. The van der Waals surface area contributed by atoms with Gasteiger partial charge in [0.15, 0.2) is 0 Å². The molecule has 0 aromatic heterocycles. The molecule has 0 nitrogen and oxygen atoms in total. The van der Waals surface area contributed by atoms with Gasteiger partial charge in [-0.2, -0.15) is 0 Å². The lowest BCUT2D eigenvalue weighted by Crippen LogP contribution is -1.74. The molecule has 10 heavy (non-hydrogen) atoms. The molecule has 0 saturated heterocycles. The van der Waals surface area contributed by atoms with Gasteiger partial charge in [-0.25, -0.2) is 0 Å². The van der Waals surface area contributed by atoms with Gasteiger partial charge in [-0.1, -0.05) is 35.5 Å². The van der Waals surface area contributed by atoms with Gasteiger partial charge in [0.1, 0.15) is 0 Å². The molecule has 0 fully saturated rings. The molecular formula is C10H14. The quantitative estimate of drug-likeness (QED) is 0.509. The molecule has 0 amide bonds. The van der Waals surface area contributed by atoms with E-state index in [9.17, 15) is 0 Å². The molecule has 0 aliphatic heterocycles. The number of hydrogen-bond donors (Lipinski definition) is 0. The van der Waals surface area contributed by atoms with Gasteiger partial charge in [-0.15, -0.1) is 0 Å². The summed E-state index contributed by atoms with van der Waals surface area (Å²) in [5.74, 6) is 0. The van der Waals surface area contributed by atoms with Crippen LogP contribution in [-0.2, 0) is 0 Å². The molecule has 0 bridgehead atoms. The zero-order valence-corrected chi connectivity index (χ0v) is 6.72. The van der Waals surface area contributed by atoms with Crippen LogP contribution in [0.1, 0.15) is 26.7 Å². The van der Waals surface area contributed by atoms with E-state index in [1.807, 2.05) is 0 Å². The highest BCUT2D eigenvalue weighted by Gasteiger charge is 1.95. The summed E-state index contributed by atoms with van der Waals surface area (Å²) in [6.07, 6.45) is 11.1. The van der Waals surface area contributed by atoms with Crippen LogP contribution >= 0.6 is 0 Å². The summed E-state index contributed by atoms with van der Waals surface area (Å²) in [5.41, 5.74) is 2.94. The first-order chi connectivity index (χ1) is 4.79. The zero-order chi connectivity index (χ0) is 7.40. The lowest BCUT2D eigenvalue weighted by molar-refractivity contribution is 1.11. The van der Waals surface area contributed by atoms with E-state index >= 15 is 0 Å². The van der Waals surface area contributed by atoms with Gasteiger partial charge in [-0.3, -0.25) is 0 Å². The standard InChI is InChI=1S/C10H14/c1-9(2)7-8-10-5-3-4-6-10/h3-5,7H,6,8H2,1-2H3. The smallest absolute Gasteiger partial charge is 0.0129 e. The molecule has 54 valence electrons. The minimum Gasteiger partial charge on any atom is -0.0818 e. The molecule has 1 aliphatic carbocycles. The highest BCUT2D eigenvalue weighted by molar-refractivity contribution is 5.25. The molecule has 0 spiro atoms. The average molecular weight is 134 g/mol. The number of allylic oxidation sites excluding steroid dienone is 6. The Balaban J connectivity index is 2.34. The highest BCUT2D eigenvalue weighted by Crippen LogP contribution is 2.15. The Labute approximate surface area is 62.9 Å². The number of rotatable bonds is 2. The first kappa shape index (κ1) is 7.33. The molecule has 0 heteroatoms. The van der Waals surface area contributed by atoms with E-state index in [0.29, 0.717) is 0 Å². The second-order valence-corrected chi connectivity index (χ2v) is 2.94. The molecule has 0 N–H and O–H groups in total. The molecule has 0 aromatic carbocycles. The first-order valence-electron chi connectivity index (χ1n) is 3.77. The molecule has 0 atom stereocenters. The molecule has 0 saturated carbocycles. The number of hydrogen-bond acceptors (Lipinski definition) is 0. The van der Waals surface area contributed by atoms with Gasteiger partial charge in [0.2, 0.25) is 0 Å². The summed E-state index contributed by atoms with van der Waals surface area (Å²) in [7, 11) is 0. The average Bonchev–Trinajstić information content (AvgIpc) is 2.34. The Kier molecular flexibility index (Phi) is 2.49. The second-order valence-electron chi connectivity index (χ2n) is 2.94. The molecule has 0 aromatic rings. The Morgan fingerprint density at radius 2 is 2.40 bits per heavy atom. The Hall–Kier alpha value is -0.780. The van der Waals surface area contributed by atoms with Crippen molar-refractivity contribution in [1.29, 1.82) is 0 Å². The van der Waals surface area contributed by atoms with Crippen LogP contribution < -0.4 is 0 Å². The maximum absolute atomic E-state index is 2.28. The van der Waals surface area contributed by atoms with Gasteiger partial charge in [0.25, 0.3) is 0 Å². The maximum Gasteiger partial charge on any atom is -0.0129 e. The lowest BCUT2D eigenvalue weighted by atomic mass is 10.1. The molecule has 1 aliphatic rings. The van der Waals surface area contributed by atoms with Gasteiger partial charge < -0.3 is 0 Å². The van der Waals surface area contributed by atoms with E-state index < -0.39 is 0 Å². The maximum atomic E-state index is 2.28. The largest absolute Gasteiger partial charge is 0.0818 e. The van der Waals surface area contributed by atoms with Gasteiger partial charge in [0, 0.05) is 0 Å². The third-order valence-electron chi connectivity index (χ3n) is 1.62. The van der Waals surface area contributed by atoms with E-state index in [-0.39, 0.29) is 0 Å². The summed E-state index contributed by atoms with van der Waals surface area (Å²) in [4.78, 5) is 0. The minimum atomic E-state index is 1.13. The third-order valence-corrected chi connectivity index (χ3v) is 1.62. The summed E-state index contributed by atoms with van der Waals surface area (Å²) >= 11 is 0. The van der Waals surface area contributed by atoms with Gasteiger partial charge >= 0.3 is 0 Å². The van der Waals surface area contributed by atoms with Gasteiger partial charge in [0.05, 0.1) is 0 Å². The predicted octanol–water partition coefficient (Wildman–Crippen LogP) is 3.23. The predicted molar refractivity (Wildman–Crippen MR) is 45.9 cm³/mol. The van der Waals surface area contributed by atoms with E-state index in [4.69, 9.17) is 0 Å². The third kappa shape index (κ3) is 2.22. The zero-order valence-electron chi connectivity index (χ0n) is 6.72. The van der Waals surface area contributed by atoms with Crippen molar-refractivity contribution in [3.8, 4) is 0 Å². The van der Waals surface area contributed by atoms with E-state index in [2.05, 4.69) is 38.2 Å². The van der Waals surface area contributed by atoms with Crippen molar-refractivity contribution in [2.24, 2.45) is 0 Å². The Morgan fingerprint density at radius 3 is 2.90 bits per heavy atom. The topological polar surface area (TPSA) is 0 Å². The molecule has 0 radical (unpaired) electrons. The Morgan fingerprint density at radius 1 is 1.60 bits per heavy atom. The summed E-state index contributed by atoms with van der Waals surface area (Å²) in [5, 5.41) is 0. The van der Waals surface area contributed by atoms with Crippen molar-refractivity contribution in [2.75, 3.05) is 0 Å². The fourth-order valence-corrected chi connectivity index (χ4v) is 0.978. The van der Waals surface area contributed by atoms with Crippen molar-refractivity contribution in [1.82, 2.24) is 0 Å². The van der Waals surface area contributed by atoms with Crippen molar-refractivity contribution in [2.45, 2.75) is 26.7 Å². The van der Waals surface area contributed by atoms with Crippen molar-refractivity contribution in [3.05, 3.63) is 35.5 Å². The van der Waals surface area contributed by atoms with Crippen molar-refractivity contribution < 1.29 is 0 Å². The highest BCUT2D eigenvalue weighted by atomic mass is 14.0. The molecular weight excluding hydrogens is 120 g/mol. The normalized spacial score (nSPS) is 15.2. The summed E-state index contributed by atoms with van der Waals surface area (Å²) in [6, 6.07) is 0. The van der Waals surface area contributed by atoms with Crippen LogP contribution in [0.3, 0.4) is 0 Å². The van der Waals surface area contributed by atoms with Crippen LogP contribution in [0.4, 0.5) is 0 Å². The molecule has 0 unspecified atom stereocenters. The van der Waals surface area contributed by atoms with E-state index in [1.54, 1.807) is 0 Å². The van der Waals surface area contributed by atoms with Crippen molar-refractivity contribution >= 4 is 0 Å². The summed E-state index contributed by atoms with van der Waals surface area (Å²) < 4.78 is 0. The monoisotopic (exact) mass is 134 g/mol. The molecule has 0 heterocycles.